The number of rotatable bonds is 5. The fraction of sp³-hybridized carbons (Fsp3) is 0.438. The highest BCUT2D eigenvalue weighted by Crippen LogP contribution is 2.22. The van der Waals surface area contributed by atoms with Crippen molar-refractivity contribution in [3.05, 3.63) is 51.8 Å². The van der Waals surface area contributed by atoms with E-state index < -0.39 is 6.10 Å². The summed E-state index contributed by atoms with van der Waals surface area (Å²) < 4.78 is 1.87. The van der Waals surface area contributed by atoms with Crippen molar-refractivity contribution in [2.24, 2.45) is 0 Å². The van der Waals surface area contributed by atoms with Crippen molar-refractivity contribution in [2.75, 3.05) is 0 Å². The molecule has 0 bridgehead atoms. The van der Waals surface area contributed by atoms with Crippen LogP contribution >= 0.6 is 11.6 Å². The number of nitrogens with zero attached hydrogens (tertiary/aromatic N) is 2. The van der Waals surface area contributed by atoms with Crippen LogP contribution in [-0.4, -0.2) is 21.0 Å². The highest BCUT2D eigenvalue weighted by atomic mass is 35.5. The Morgan fingerprint density at radius 2 is 1.95 bits per heavy atom. The van der Waals surface area contributed by atoms with E-state index in [-0.39, 0.29) is 0 Å². The Labute approximate surface area is 125 Å². The molecule has 20 heavy (non-hydrogen) atoms. The lowest BCUT2D eigenvalue weighted by Gasteiger charge is -2.13. The zero-order chi connectivity index (χ0) is 14.7. The average Bonchev–Trinajstić information content (AvgIpc) is 2.69. The quantitative estimate of drug-likeness (QED) is 0.918. The van der Waals surface area contributed by atoms with Crippen LogP contribution in [0.3, 0.4) is 0 Å². The van der Waals surface area contributed by atoms with Gasteiger partial charge in [0.05, 0.1) is 22.5 Å². The molecule has 0 spiro atoms. The summed E-state index contributed by atoms with van der Waals surface area (Å²) in [7, 11) is 0. The molecule has 2 aromatic rings. The van der Waals surface area contributed by atoms with Crippen LogP contribution in [0.2, 0.25) is 5.02 Å². The Kier molecular flexibility index (Phi) is 4.84. The first-order valence-electron chi connectivity index (χ1n) is 6.97. The van der Waals surface area contributed by atoms with E-state index in [4.69, 9.17) is 11.6 Å². The van der Waals surface area contributed by atoms with Crippen LogP contribution in [-0.2, 0) is 19.4 Å². The molecule has 1 aromatic heterocycles. The molecular formula is C16H21ClN2O. The molecule has 0 aliphatic heterocycles. The van der Waals surface area contributed by atoms with Crippen molar-refractivity contribution in [3.8, 4) is 0 Å². The molecule has 3 nitrogen and oxygen atoms in total. The minimum atomic E-state index is -0.449. The maximum atomic E-state index is 10.3. The second-order valence-electron chi connectivity index (χ2n) is 5.15. The van der Waals surface area contributed by atoms with Crippen LogP contribution in [0.4, 0.5) is 0 Å². The maximum absolute atomic E-state index is 10.3. The van der Waals surface area contributed by atoms with E-state index in [9.17, 15) is 5.11 Å². The Morgan fingerprint density at radius 3 is 2.60 bits per heavy atom. The first-order valence-corrected chi connectivity index (χ1v) is 7.35. The third-order valence-electron chi connectivity index (χ3n) is 3.60. The van der Waals surface area contributed by atoms with Gasteiger partial charge in [0.15, 0.2) is 0 Å². The largest absolute Gasteiger partial charge is 0.392 e. The molecule has 1 heterocycles. The SMILES string of the molecule is CCn1nc(C)c(Cl)c1CC(O)Cc1ccccc1C. The second-order valence-corrected chi connectivity index (χ2v) is 5.53. The standard InChI is InChI=1S/C16H21ClN2O/c1-4-19-15(16(17)12(3)18-19)10-14(20)9-13-8-6-5-7-11(13)2/h5-8,14,20H,4,9-10H2,1-3H3. The minimum absolute atomic E-state index is 0.449. The van der Waals surface area contributed by atoms with E-state index in [1.165, 1.54) is 11.1 Å². The minimum Gasteiger partial charge on any atom is -0.392 e. The Bertz CT molecular complexity index is 592. The first kappa shape index (κ1) is 15.1. The van der Waals surface area contributed by atoms with Gasteiger partial charge in [0.1, 0.15) is 0 Å². The van der Waals surface area contributed by atoms with Crippen LogP contribution in [0.1, 0.15) is 29.4 Å². The van der Waals surface area contributed by atoms with Gasteiger partial charge in [-0.15, -0.1) is 0 Å². The summed E-state index contributed by atoms with van der Waals surface area (Å²) in [6.07, 6.45) is 0.716. The van der Waals surface area contributed by atoms with Gasteiger partial charge in [-0.2, -0.15) is 5.10 Å². The van der Waals surface area contributed by atoms with Gasteiger partial charge in [0.25, 0.3) is 0 Å². The van der Waals surface area contributed by atoms with Gasteiger partial charge in [-0.05, 0) is 38.3 Å². The lowest BCUT2D eigenvalue weighted by atomic mass is 10.00. The second kappa shape index (κ2) is 6.42. The molecule has 2 rings (SSSR count). The molecule has 1 aromatic carbocycles. The molecule has 0 radical (unpaired) electrons. The summed E-state index contributed by atoms with van der Waals surface area (Å²) in [5.74, 6) is 0. The van der Waals surface area contributed by atoms with Crippen LogP contribution in [0.15, 0.2) is 24.3 Å². The molecule has 4 heteroatoms. The van der Waals surface area contributed by atoms with Crippen molar-refractivity contribution in [1.29, 1.82) is 0 Å². The predicted octanol–water partition coefficient (Wildman–Crippen LogP) is 3.32. The van der Waals surface area contributed by atoms with E-state index in [2.05, 4.69) is 24.2 Å². The molecule has 0 saturated heterocycles. The summed E-state index contributed by atoms with van der Waals surface area (Å²) in [6, 6.07) is 8.14. The Morgan fingerprint density at radius 1 is 1.25 bits per heavy atom. The molecule has 108 valence electrons. The molecule has 0 aliphatic rings. The molecule has 1 N–H and O–H groups in total. The number of aryl methyl sites for hydroxylation is 3. The number of aromatic nitrogens is 2. The van der Waals surface area contributed by atoms with Gasteiger partial charge < -0.3 is 5.11 Å². The van der Waals surface area contributed by atoms with Crippen molar-refractivity contribution in [3.63, 3.8) is 0 Å². The summed E-state index contributed by atoms with van der Waals surface area (Å²) >= 11 is 6.28. The fourth-order valence-electron chi connectivity index (χ4n) is 2.45. The zero-order valence-electron chi connectivity index (χ0n) is 12.2. The van der Waals surface area contributed by atoms with Crippen molar-refractivity contribution < 1.29 is 5.11 Å². The predicted molar refractivity (Wildman–Crippen MR) is 82.2 cm³/mol. The van der Waals surface area contributed by atoms with Gasteiger partial charge in [-0.3, -0.25) is 4.68 Å². The smallest absolute Gasteiger partial charge is 0.0848 e. The normalized spacial score (nSPS) is 12.7. The van der Waals surface area contributed by atoms with Gasteiger partial charge in [0, 0.05) is 13.0 Å². The zero-order valence-corrected chi connectivity index (χ0v) is 13.0. The van der Waals surface area contributed by atoms with Gasteiger partial charge in [-0.25, -0.2) is 0 Å². The maximum Gasteiger partial charge on any atom is 0.0848 e. The monoisotopic (exact) mass is 292 g/mol. The van der Waals surface area contributed by atoms with Gasteiger partial charge >= 0.3 is 0 Å². The van der Waals surface area contributed by atoms with E-state index in [1.807, 2.05) is 30.7 Å². The number of hydrogen-bond acceptors (Lipinski definition) is 2. The number of aliphatic hydroxyl groups is 1. The fourth-order valence-corrected chi connectivity index (χ4v) is 2.66. The number of benzene rings is 1. The molecule has 0 amide bonds. The van der Waals surface area contributed by atoms with Gasteiger partial charge in [-0.1, -0.05) is 35.9 Å². The molecule has 0 aliphatic carbocycles. The summed E-state index contributed by atoms with van der Waals surface area (Å²) in [6.45, 7) is 6.75. The van der Waals surface area contributed by atoms with Crippen molar-refractivity contribution >= 4 is 11.6 Å². The molecule has 1 unspecified atom stereocenters. The van der Waals surface area contributed by atoms with E-state index in [0.29, 0.717) is 17.9 Å². The summed E-state index contributed by atoms with van der Waals surface area (Å²) in [5.41, 5.74) is 4.13. The first-order chi connectivity index (χ1) is 9.52. The topological polar surface area (TPSA) is 38.0 Å². The Hall–Kier alpha value is -1.32. The molecule has 0 fully saturated rings. The van der Waals surface area contributed by atoms with Gasteiger partial charge in [0.2, 0.25) is 0 Å². The highest BCUT2D eigenvalue weighted by Gasteiger charge is 2.17. The lowest BCUT2D eigenvalue weighted by Crippen LogP contribution is -2.17. The van der Waals surface area contributed by atoms with E-state index in [1.54, 1.807) is 0 Å². The summed E-state index contributed by atoms with van der Waals surface area (Å²) in [4.78, 5) is 0. The third kappa shape index (κ3) is 3.22. The average molecular weight is 293 g/mol. The van der Waals surface area contributed by atoms with Crippen LogP contribution < -0.4 is 0 Å². The van der Waals surface area contributed by atoms with Crippen LogP contribution in [0.25, 0.3) is 0 Å². The number of halogens is 1. The lowest BCUT2D eigenvalue weighted by molar-refractivity contribution is 0.172. The third-order valence-corrected chi connectivity index (χ3v) is 4.09. The van der Waals surface area contributed by atoms with E-state index >= 15 is 0 Å². The number of hydrogen-bond donors (Lipinski definition) is 1. The highest BCUT2D eigenvalue weighted by molar-refractivity contribution is 6.31. The van der Waals surface area contributed by atoms with E-state index in [0.717, 1.165) is 17.9 Å². The molecular weight excluding hydrogens is 272 g/mol. The van der Waals surface area contributed by atoms with Crippen molar-refractivity contribution in [1.82, 2.24) is 9.78 Å². The number of aliphatic hydroxyl groups excluding tert-OH is 1. The van der Waals surface area contributed by atoms with Crippen LogP contribution in [0.5, 0.6) is 0 Å². The van der Waals surface area contributed by atoms with Crippen LogP contribution in [0, 0.1) is 13.8 Å². The molecule has 0 saturated carbocycles. The summed E-state index contributed by atoms with van der Waals surface area (Å²) in [5, 5.41) is 15.4. The Balaban J connectivity index is 2.12. The molecule has 1 atom stereocenters. The van der Waals surface area contributed by atoms with Crippen molar-refractivity contribution in [2.45, 2.75) is 46.3 Å².